The molecule has 0 radical (unpaired) electrons. The highest BCUT2D eigenvalue weighted by molar-refractivity contribution is 7.22. The van der Waals surface area contributed by atoms with E-state index in [4.69, 9.17) is 9.72 Å². The minimum absolute atomic E-state index is 0.538. The minimum atomic E-state index is 0.538. The molecule has 1 aromatic heterocycles. The predicted octanol–water partition coefficient (Wildman–Crippen LogP) is 5.30. The van der Waals surface area contributed by atoms with Crippen LogP contribution in [0.1, 0.15) is 50.7 Å². The number of fused-ring (bicyclic) bond motifs is 1. The summed E-state index contributed by atoms with van der Waals surface area (Å²) >= 11 is 1.77. The maximum Gasteiger partial charge on any atom is 0.184 e. The molecule has 2 aromatic rings. The lowest BCUT2D eigenvalue weighted by molar-refractivity contribution is 0.270. The van der Waals surface area contributed by atoms with E-state index in [-0.39, 0.29) is 0 Å². The molecule has 0 aliphatic heterocycles. The minimum Gasteiger partial charge on any atom is -0.493 e. The van der Waals surface area contributed by atoms with Crippen LogP contribution >= 0.6 is 11.3 Å². The molecule has 1 fully saturated rings. The van der Waals surface area contributed by atoms with E-state index >= 15 is 0 Å². The van der Waals surface area contributed by atoms with Crippen LogP contribution in [-0.4, -0.2) is 17.6 Å². The number of rotatable bonds is 5. The summed E-state index contributed by atoms with van der Waals surface area (Å²) in [5.74, 6) is 1.55. The first-order valence-corrected chi connectivity index (χ1v) is 9.16. The average molecular weight is 318 g/mol. The molecule has 0 saturated heterocycles. The zero-order chi connectivity index (χ0) is 15.7. The number of benzene rings is 1. The summed E-state index contributed by atoms with van der Waals surface area (Å²) < 4.78 is 7.25. The van der Waals surface area contributed by atoms with Crippen LogP contribution < -0.4 is 10.1 Å². The van der Waals surface area contributed by atoms with Gasteiger partial charge in [-0.1, -0.05) is 38.0 Å². The van der Waals surface area contributed by atoms with E-state index in [9.17, 15) is 0 Å². The number of anilines is 1. The SMILES string of the molecule is Cc1cc(OCC(C)C)c(C)c2sc(NC3CCCC3)nc12. The van der Waals surface area contributed by atoms with Crippen molar-refractivity contribution in [1.82, 2.24) is 4.98 Å². The molecule has 0 amide bonds. The molecule has 1 heterocycles. The van der Waals surface area contributed by atoms with Gasteiger partial charge in [-0.2, -0.15) is 0 Å². The molecular weight excluding hydrogens is 292 g/mol. The van der Waals surface area contributed by atoms with Crippen molar-refractivity contribution in [3.05, 3.63) is 17.2 Å². The highest BCUT2D eigenvalue weighted by Gasteiger charge is 2.18. The zero-order valence-corrected chi connectivity index (χ0v) is 14.8. The van der Waals surface area contributed by atoms with Crippen molar-refractivity contribution in [1.29, 1.82) is 0 Å². The van der Waals surface area contributed by atoms with E-state index in [1.807, 2.05) is 0 Å². The second-order valence-corrected chi connectivity index (χ2v) is 7.84. The summed E-state index contributed by atoms with van der Waals surface area (Å²) in [4.78, 5) is 4.82. The van der Waals surface area contributed by atoms with Crippen molar-refractivity contribution in [2.24, 2.45) is 5.92 Å². The summed E-state index contributed by atoms with van der Waals surface area (Å²) in [6, 6.07) is 2.75. The van der Waals surface area contributed by atoms with Crippen molar-refractivity contribution in [3.8, 4) is 5.75 Å². The topological polar surface area (TPSA) is 34.1 Å². The first kappa shape index (κ1) is 15.6. The Hall–Kier alpha value is -1.29. The molecule has 120 valence electrons. The van der Waals surface area contributed by atoms with Crippen LogP contribution in [0.25, 0.3) is 10.2 Å². The van der Waals surface area contributed by atoms with Crippen molar-refractivity contribution >= 4 is 26.7 Å². The Morgan fingerprint density at radius 3 is 2.73 bits per heavy atom. The summed E-state index contributed by atoms with van der Waals surface area (Å²) in [5.41, 5.74) is 3.55. The van der Waals surface area contributed by atoms with Crippen molar-refractivity contribution in [2.75, 3.05) is 11.9 Å². The van der Waals surface area contributed by atoms with E-state index < -0.39 is 0 Å². The smallest absolute Gasteiger partial charge is 0.184 e. The average Bonchev–Trinajstić information content (AvgIpc) is 3.11. The van der Waals surface area contributed by atoms with Gasteiger partial charge in [0, 0.05) is 11.6 Å². The number of ether oxygens (including phenoxy) is 1. The molecule has 3 nitrogen and oxygen atoms in total. The summed E-state index contributed by atoms with van der Waals surface area (Å²) in [6.07, 6.45) is 5.23. The van der Waals surface area contributed by atoms with Crippen LogP contribution in [0.5, 0.6) is 5.75 Å². The molecule has 1 N–H and O–H groups in total. The Morgan fingerprint density at radius 1 is 1.32 bits per heavy atom. The number of nitrogens with one attached hydrogen (secondary N) is 1. The van der Waals surface area contributed by atoms with Gasteiger partial charge in [-0.3, -0.25) is 0 Å². The highest BCUT2D eigenvalue weighted by Crippen LogP contribution is 2.37. The Balaban J connectivity index is 1.89. The molecule has 1 aromatic carbocycles. The standard InChI is InChI=1S/C18H26N2OS/c1-11(2)10-21-15-9-12(3)16-17(13(15)4)22-18(20-16)19-14-7-5-6-8-14/h9,11,14H,5-8,10H2,1-4H3,(H,19,20). The van der Waals surface area contributed by atoms with Crippen LogP contribution in [0.4, 0.5) is 5.13 Å². The quantitative estimate of drug-likeness (QED) is 0.812. The van der Waals surface area contributed by atoms with Gasteiger partial charge in [-0.05, 0) is 44.2 Å². The second-order valence-electron chi connectivity index (χ2n) is 6.84. The zero-order valence-electron chi connectivity index (χ0n) is 14.0. The molecule has 0 bridgehead atoms. The molecule has 22 heavy (non-hydrogen) atoms. The first-order chi connectivity index (χ1) is 10.5. The fourth-order valence-corrected chi connectivity index (χ4v) is 4.15. The molecule has 3 rings (SSSR count). The summed E-state index contributed by atoms with van der Waals surface area (Å²) in [7, 11) is 0. The number of nitrogens with zero attached hydrogens (tertiary/aromatic N) is 1. The van der Waals surface area contributed by atoms with Gasteiger partial charge in [-0.15, -0.1) is 0 Å². The molecule has 0 unspecified atom stereocenters. The third-order valence-electron chi connectivity index (χ3n) is 4.31. The van der Waals surface area contributed by atoms with Gasteiger partial charge in [0.2, 0.25) is 0 Å². The van der Waals surface area contributed by atoms with Crippen LogP contribution in [0, 0.1) is 19.8 Å². The van der Waals surface area contributed by atoms with Gasteiger partial charge in [0.15, 0.2) is 5.13 Å². The molecular formula is C18H26N2OS. The van der Waals surface area contributed by atoms with Gasteiger partial charge in [0.25, 0.3) is 0 Å². The van der Waals surface area contributed by atoms with Crippen LogP contribution in [-0.2, 0) is 0 Å². The number of aromatic nitrogens is 1. The largest absolute Gasteiger partial charge is 0.493 e. The maximum atomic E-state index is 5.99. The summed E-state index contributed by atoms with van der Waals surface area (Å²) in [5, 5.41) is 4.68. The molecule has 1 saturated carbocycles. The van der Waals surface area contributed by atoms with Crippen molar-refractivity contribution < 1.29 is 4.74 Å². The number of aryl methyl sites for hydroxylation is 2. The van der Waals surface area contributed by atoms with E-state index in [2.05, 4.69) is 39.1 Å². The summed E-state index contributed by atoms with van der Waals surface area (Å²) in [6.45, 7) is 9.39. The first-order valence-electron chi connectivity index (χ1n) is 8.34. The lowest BCUT2D eigenvalue weighted by Gasteiger charge is -2.12. The molecule has 0 atom stereocenters. The van der Waals surface area contributed by atoms with Gasteiger partial charge in [0.05, 0.1) is 16.8 Å². The normalized spacial score (nSPS) is 15.9. The Kier molecular flexibility index (Phi) is 4.57. The van der Waals surface area contributed by atoms with E-state index in [1.54, 1.807) is 11.3 Å². The number of hydrogen-bond donors (Lipinski definition) is 1. The maximum absolute atomic E-state index is 5.99. The van der Waals surface area contributed by atoms with E-state index in [0.717, 1.165) is 23.0 Å². The van der Waals surface area contributed by atoms with Crippen LogP contribution in [0.3, 0.4) is 0 Å². The van der Waals surface area contributed by atoms with Crippen LogP contribution in [0.2, 0.25) is 0 Å². The Morgan fingerprint density at radius 2 is 2.05 bits per heavy atom. The second kappa shape index (κ2) is 6.45. The van der Waals surface area contributed by atoms with E-state index in [1.165, 1.54) is 41.5 Å². The number of thiazole rings is 1. The van der Waals surface area contributed by atoms with Crippen molar-refractivity contribution in [2.45, 2.75) is 59.4 Å². The lowest BCUT2D eigenvalue weighted by atomic mass is 10.1. The van der Waals surface area contributed by atoms with Crippen molar-refractivity contribution in [3.63, 3.8) is 0 Å². The van der Waals surface area contributed by atoms with Gasteiger partial charge < -0.3 is 10.1 Å². The monoisotopic (exact) mass is 318 g/mol. The van der Waals surface area contributed by atoms with Gasteiger partial charge in [-0.25, -0.2) is 4.98 Å². The fourth-order valence-electron chi connectivity index (χ4n) is 3.04. The number of hydrogen-bond acceptors (Lipinski definition) is 4. The highest BCUT2D eigenvalue weighted by atomic mass is 32.1. The van der Waals surface area contributed by atoms with Gasteiger partial charge in [0.1, 0.15) is 5.75 Å². The molecule has 1 aliphatic rings. The third kappa shape index (κ3) is 3.22. The lowest BCUT2D eigenvalue weighted by Crippen LogP contribution is -2.13. The van der Waals surface area contributed by atoms with Gasteiger partial charge >= 0.3 is 0 Å². The third-order valence-corrected chi connectivity index (χ3v) is 5.42. The molecule has 0 spiro atoms. The van der Waals surface area contributed by atoms with E-state index in [0.29, 0.717) is 12.0 Å². The molecule has 1 aliphatic carbocycles. The Labute approximate surface area is 137 Å². The molecule has 4 heteroatoms. The Bertz CT molecular complexity index is 657. The fraction of sp³-hybridized carbons (Fsp3) is 0.611. The van der Waals surface area contributed by atoms with Crippen LogP contribution in [0.15, 0.2) is 6.07 Å². The predicted molar refractivity (Wildman–Crippen MR) is 95.3 cm³/mol.